The average molecular weight is 300 g/mol. The Bertz CT molecular complexity index is 344. The van der Waals surface area contributed by atoms with Gasteiger partial charge in [0.05, 0.1) is 12.1 Å². The lowest BCUT2D eigenvalue weighted by Crippen LogP contribution is -2.40. The minimum Gasteiger partial charge on any atom is -0.346 e. The van der Waals surface area contributed by atoms with Crippen LogP contribution in [0.3, 0.4) is 0 Å². The van der Waals surface area contributed by atoms with Gasteiger partial charge in [-0.3, -0.25) is 4.79 Å². The Labute approximate surface area is 118 Å². The van der Waals surface area contributed by atoms with Crippen LogP contribution in [0, 0.1) is 6.92 Å². The summed E-state index contributed by atoms with van der Waals surface area (Å²) in [5.41, 5.74) is 6.48. The van der Waals surface area contributed by atoms with Gasteiger partial charge in [-0.1, -0.05) is 6.92 Å². The summed E-state index contributed by atoms with van der Waals surface area (Å²) < 4.78 is 0. The largest absolute Gasteiger partial charge is 0.346 e. The summed E-state index contributed by atoms with van der Waals surface area (Å²) in [6.07, 6.45) is 0.825. The number of thiazole rings is 1. The molecule has 1 amide bonds. The van der Waals surface area contributed by atoms with Gasteiger partial charge < -0.3 is 11.1 Å². The number of nitrogens with two attached hydrogens (primary N) is 1. The molecular formula is C10H19Cl2N3OS. The number of carbonyl (C=O) groups is 1. The first kappa shape index (κ1) is 19.0. The Morgan fingerprint density at radius 3 is 2.53 bits per heavy atom. The molecular weight excluding hydrogens is 281 g/mol. The van der Waals surface area contributed by atoms with Gasteiger partial charge in [-0.15, -0.1) is 36.2 Å². The fourth-order valence-corrected chi connectivity index (χ4v) is 2.10. The van der Waals surface area contributed by atoms with E-state index in [1.54, 1.807) is 18.3 Å². The van der Waals surface area contributed by atoms with E-state index in [4.69, 9.17) is 5.73 Å². The van der Waals surface area contributed by atoms with Crippen LogP contribution in [-0.2, 0) is 4.79 Å². The van der Waals surface area contributed by atoms with Crippen LogP contribution in [0.5, 0.6) is 0 Å². The molecule has 0 aromatic carbocycles. The highest BCUT2D eigenvalue weighted by Gasteiger charge is 2.17. The molecule has 0 saturated carbocycles. The second-order valence-corrected chi connectivity index (χ2v) is 4.47. The Morgan fingerprint density at radius 2 is 2.18 bits per heavy atom. The summed E-state index contributed by atoms with van der Waals surface area (Å²) in [5.74, 6) is -0.130. The number of hydrogen-bond donors (Lipinski definition) is 2. The predicted octanol–water partition coefficient (Wildman–Crippen LogP) is 2.21. The molecule has 2 atom stereocenters. The van der Waals surface area contributed by atoms with Crippen molar-refractivity contribution in [3.63, 3.8) is 0 Å². The lowest BCUT2D eigenvalue weighted by molar-refractivity contribution is -0.122. The Balaban J connectivity index is 0. The van der Waals surface area contributed by atoms with Crippen molar-refractivity contribution in [2.24, 2.45) is 5.73 Å². The van der Waals surface area contributed by atoms with Crippen molar-refractivity contribution in [1.29, 1.82) is 0 Å². The van der Waals surface area contributed by atoms with Crippen molar-refractivity contribution in [3.05, 3.63) is 16.1 Å². The Kier molecular flexibility index (Phi) is 9.71. The maximum absolute atomic E-state index is 11.4. The zero-order valence-electron chi connectivity index (χ0n) is 10.1. The third kappa shape index (κ3) is 5.68. The van der Waals surface area contributed by atoms with Gasteiger partial charge >= 0.3 is 0 Å². The standard InChI is InChI=1S/C10H17N3OS.2ClH/c1-4-8(13-9(14)7(3)11)10-12-6(2)5-15-10;;/h5,7-8H,4,11H2,1-3H3,(H,13,14);2*1H/t7-,8?;;/m1../s1. The quantitative estimate of drug-likeness (QED) is 0.896. The third-order valence-corrected chi connectivity index (χ3v) is 3.15. The van der Waals surface area contributed by atoms with E-state index < -0.39 is 6.04 Å². The zero-order valence-corrected chi connectivity index (χ0v) is 12.5. The van der Waals surface area contributed by atoms with E-state index in [0.717, 1.165) is 17.1 Å². The van der Waals surface area contributed by atoms with Crippen molar-refractivity contribution in [1.82, 2.24) is 10.3 Å². The van der Waals surface area contributed by atoms with Gasteiger partial charge in [-0.05, 0) is 20.3 Å². The van der Waals surface area contributed by atoms with Crippen molar-refractivity contribution in [3.8, 4) is 0 Å². The van der Waals surface area contributed by atoms with Gasteiger partial charge in [0.25, 0.3) is 0 Å². The summed E-state index contributed by atoms with van der Waals surface area (Å²) in [7, 11) is 0. The van der Waals surface area contributed by atoms with E-state index in [-0.39, 0.29) is 36.8 Å². The number of halogens is 2. The molecule has 1 unspecified atom stereocenters. The summed E-state index contributed by atoms with van der Waals surface area (Å²) in [6.45, 7) is 5.64. The van der Waals surface area contributed by atoms with Crippen LogP contribution >= 0.6 is 36.2 Å². The van der Waals surface area contributed by atoms with Crippen LogP contribution in [0.25, 0.3) is 0 Å². The molecule has 7 heteroatoms. The molecule has 0 aliphatic rings. The number of aromatic nitrogens is 1. The van der Waals surface area contributed by atoms with Crippen molar-refractivity contribution < 1.29 is 4.79 Å². The Hall–Kier alpha value is -0.360. The molecule has 0 spiro atoms. The van der Waals surface area contributed by atoms with Crippen molar-refractivity contribution in [2.45, 2.75) is 39.3 Å². The van der Waals surface area contributed by atoms with Gasteiger partial charge in [0.1, 0.15) is 5.01 Å². The monoisotopic (exact) mass is 299 g/mol. The smallest absolute Gasteiger partial charge is 0.237 e. The summed E-state index contributed by atoms with van der Waals surface area (Å²) >= 11 is 1.57. The van der Waals surface area contributed by atoms with E-state index in [1.165, 1.54) is 0 Å². The molecule has 1 aromatic heterocycles. The van der Waals surface area contributed by atoms with Gasteiger partial charge in [0.15, 0.2) is 0 Å². The first-order valence-electron chi connectivity index (χ1n) is 5.02. The molecule has 1 aromatic rings. The van der Waals surface area contributed by atoms with Crippen LogP contribution in [0.2, 0.25) is 0 Å². The molecule has 100 valence electrons. The lowest BCUT2D eigenvalue weighted by atomic mass is 10.2. The van der Waals surface area contributed by atoms with Crippen LogP contribution < -0.4 is 11.1 Å². The second-order valence-electron chi connectivity index (χ2n) is 3.59. The number of nitrogens with one attached hydrogen (secondary N) is 1. The van der Waals surface area contributed by atoms with E-state index in [2.05, 4.69) is 10.3 Å². The highest BCUT2D eigenvalue weighted by Crippen LogP contribution is 2.20. The molecule has 4 nitrogen and oxygen atoms in total. The fourth-order valence-electron chi connectivity index (χ4n) is 1.17. The molecule has 1 heterocycles. The zero-order chi connectivity index (χ0) is 11.4. The lowest BCUT2D eigenvalue weighted by Gasteiger charge is -2.15. The maximum Gasteiger partial charge on any atom is 0.237 e. The third-order valence-electron chi connectivity index (χ3n) is 2.07. The fraction of sp³-hybridized carbons (Fsp3) is 0.600. The molecule has 0 bridgehead atoms. The summed E-state index contributed by atoms with van der Waals surface area (Å²) in [5, 5.41) is 5.81. The highest BCUT2D eigenvalue weighted by molar-refractivity contribution is 7.09. The molecule has 17 heavy (non-hydrogen) atoms. The van der Waals surface area contributed by atoms with Crippen LogP contribution in [0.1, 0.15) is 37.0 Å². The van der Waals surface area contributed by atoms with Gasteiger partial charge in [0, 0.05) is 11.1 Å². The normalized spacial score (nSPS) is 12.9. The first-order valence-corrected chi connectivity index (χ1v) is 5.90. The topological polar surface area (TPSA) is 68.0 Å². The number of amides is 1. The van der Waals surface area contributed by atoms with Crippen LogP contribution in [-0.4, -0.2) is 16.9 Å². The van der Waals surface area contributed by atoms with Crippen LogP contribution in [0.15, 0.2) is 5.38 Å². The SMILES string of the molecule is CCC(NC(=O)[C@@H](C)N)c1nc(C)cs1.Cl.Cl. The molecule has 0 aliphatic carbocycles. The second kappa shape index (κ2) is 8.69. The average Bonchev–Trinajstić information content (AvgIpc) is 2.60. The Morgan fingerprint density at radius 1 is 1.59 bits per heavy atom. The summed E-state index contributed by atoms with van der Waals surface area (Å²) in [4.78, 5) is 15.8. The van der Waals surface area contributed by atoms with Crippen LogP contribution in [0.4, 0.5) is 0 Å². The molecule has 1 rings (SSSR count). The molecule has 0 fully saturated rings. The highest BCUT2D eigenvalue weighted by atomic mass is 35.5. The molecule has 0 aliphatic heterocycles. The molecule has 0 saturated heterocycles. The minimum absolute atomic E-state index is 0. The number of carbonyl (C=O) groups excluding carboxylic acids is 1. The first-order chi connectivity index (χ1) is 7.04. The summed E-state index contributed by atoms with van der Waals surface area (Å²) in [6, 6.07) is -0.484. The van der Waals surface area contributed by atoms with E-state index >= 15 is 0 Å². The van der Waals surface area contributed by atoms with E-state index in [0.29, 0.717) is 0 Å². The molecule has 3 N–H and O–H groups in total. The number of hydrogen-bond acceptors (Lipinski definition) is 4. The van der Waals surface area contributed by atoms with Crippen molar-refractivity contribution >= 4 is 42.1 Å². The predicted molar refractivity (Wildman–Crippen MR) is 76.2 cm³/mol. The van der Waals surface area contributed by atoms with Gasteiger partial charge in [-0.2, -0.15) is 0 Å². The number of nitrogens with zero attached hydrogens (tertiary/aromatic N) is 1. The van der Waals surface area contributed by atoms with Gasteiger partial charge in [0.2, 0.25) is 5.91 Å². The number of rotatable bonds is 4. The van der Waals surface area contributed by atoms with Crippen molar-refractivity contribution in [2.75, 3.05) is 0 Å². The van der Waals surface area contributed by atoms with E-state index in [9.17, 15) is 4.79 Å². The van der Waals surface area contributed by atoms with Gasteiger partial charge in [-0.25, -0.2) is 4.98 Å². The maximum atomic E-state index is 11.4. The molecule has 0 radical (unpaired) electrons. The number of aryl methyl sites for hydroxylation is 1. The minimum atomic E-state index is -0.472. The van der Waals surface area contributed by atoms with E-state index in [1.807, 2.05) is 19.2 Å².